The van der Waals surface area contributed by atoms with Gasteiger partial charge in [-0.1, -0.05) is 84.9 Å². The average molecular weight is 440 g/mol. The fourth-order valence-electron chi connectivity index (χ4n) is 4.36. The van der Waals surface area contributed by atoms with Gasteiger partial charge in [0.05, 0.1) is 25.3 Å². The van der Waals surface area contributed by atoms with Crippen LogP contribution in [0.2, 0.25) is 0 Å². The van der Waals surface area contributed by atoms with E-state index in [1.807, 2.05) is 36.4 Å². The molecule has 4 heteroatoms. The highest BCUT2D eigenvalue weighted by Crippen LogP contribution is 2.30. The smallest absolute Gasteiger partial charge is 0.154 e. The number of rotatable bonds is 8. The van der Waals surface area contributed by atoms with Gasteiger partial charge in [0, 0.05) is 5.69 Å². The van der Waals surface area contributed by atoms with E-state index in [1.165, 1.54) is 11.1 Å². The number of para-hydroxylation sites is 1. The third-order valence-corrected chi connectivity index (χ3v) is 6.02. The molecule has 0 N–H and O–H groups in total. The van der Waals surface area contributed by atoms with Crippen LogP contribution in [0, 0.1) is 6.92 Å². The summed E-state index contributed by atoms with van der Waals surface area (Å²) in [5.41, 5.74) is 4.62. The number of benzene rings is 3. The fourth-order valence-corrected chi connectivity index (χ4v) is 4.36. The zero-order chi connectivity index (χ0) is 22.5. The molecule has 3 atom stereocenters. The van der Waals surface area contributed by atoms with Crippen molar-refractivity contribution in [2.75, 3.05) is 6.61 Å². The molecule has 168 valence electrons. The monoisotopic (exact) mass is 439 g/mol. The van der Waals surface area contributed by atoms with Gasteiger partial charge in [-0.2, -0.15) is 0 Å². The minimum atomic E-state index is -0.215. The second-order valence-corrected chi connectivity index (χ2v) is 8.43. The highest BCUT2D eigenvalue weighted by Gasteiger charge is 2.30. The Labute approximate surface area is 195 Å². The largest absolute Gasteiger partial charge is 0.374 e. The molecule has 3 aromatic carbocycles. The van der Waals surface area contributed by atoms with Crippen LogP contribution >= 0.6 is 0 Å². The molecule has 33 heavy (non-hydrogen) atoms. The SMILES string of the molecule is Cc1cc2ccccc2n1[C@H]1C=C[C@H](OCc2ccccc2)[C@@H](COCc2ccccc2)O1. The standard InChI is InChI=1S/C29H29NO3/c1-22-18-25-14-8-9-15-26(25)30(22)29-17-16-27(32-20-24-12-6-3-7-13-24)28(33-29)21-31-19-23-10-4-2-5-11-23/h2-18,27-29H,19-21H2,1H3/t27-,28+,29+/m0/s1. The van der Waals surface area contributed by atoms with Crippen LogP contribution in [0.5, 0.6) is 0 Å². The summed E-state index contributed by atoms with van der Waals surface area (Å²) in [5.74, 6) is 0. The van der Waals surface area contributed by atoms with Gasteiger partial charge in [0.2, 0.25) is 0 Å². The molecule has 1 aromatic heterocycles. The Morgan fingerprint density at radius 3 is 2.21 bits per heavy atom. The summed E-state index contributed by atoms with van der Waals surface area (Å²) in [7, 11) is 0. The summed E-state index contributed by atoms with van der Waals surface area (Å²) in [6.45, 7) is 3.65. The molecule has 0 spiro atoms. The van der Waals surface area contributed by atoms with Crippen molar-refractivity contribution in [3.05, 3.63) is 120 Å². The number of fused-ring (bicyclic) bond motifs is 1. The number of aromatic nitrogens is 1. The first kappa shape index (κ1) is 21.7. The predicted molar refractivity (Wildman–Crippen MR) is 131 cm³/mol. The molecule has 0 aliphatic carbocycles. The third kappa shape index (κ3) is 5.09. The van der Waals surface area contributed by atoms with Gasteiger partial charge in [0.1, 0.15) is 12.2 Å². The van der Waals surface area contributed by atoms with Crippen molar-refractivity contribution in [1.29, 1.82) is 0 Å². The Morgan fingerprint density at radius 1 is 0.788 bits per heavy atom. The molecule has 1 aliphatic rings. The van der Waals surface area contributed by atoms with Crippen LogP contribution in [0.15, 0.2) is 103 Å². The number of hydrogen-bond acceptors (Lipinski definition) is 3. The Kier molecular flexibility index (Phi) is 6.68. The van der Waals surface area contributed by atoms with Gasteiger partial charge in [-0.25, -0.2) is 0 Å². The highest BCUT2D eigenvalue weighted by atomic mass is 16.6. The number of nitrogens with zero attached hydrogens (tertiary/aromatic N) is 1. The normalized spacial score (nSPS) is 20.3. The molecular formula is C29H29NO3. The van der Waals surface area contributed by atoms with Gasteiger partial charge < -0.3 is 18.8 Å². The van der Waals surface area contributed by atoms with Crippen LogP contribution in [0.1, 0.15) is 23.0 Å². The van der Waals surface area contributed by atoms with Gasteiger partial charge in [0.25, 0.3) is 0 Å². The summed E-state index contributed by atoms with van der Waals surface area (Å²) < 4.78 is 21.2. The molecule has 0 saturated carbocycles. The van der Waals surface area contributed by atoms with Gasteiger partial charge in [-0.05, 0) is 41.6 Å². The molecule has 4 nitrogen and oxygen atoms in total. The number of hydrogen-bond donors (Lipinski definition) is 0. The summed E-state index contributed by atoms with van der Waals surface area (Å²) in [5, 5.41) is 1.21. The van der Waals surface area contributed by atoms with Crippen LogP contribution in [0.25, 0.3) is 10.9 Å². The maximum atomic E-state index is 6.58. The van der Waals surface area contributed by atoms with Crippen molar-refractivity contribution >= 4 is 10.9 Å². The van der Waals surface area contributed by atoms with Crippen molar-refractivity contribution in [2.24, 2.45) is 0 Å². The lowest BCUT2D eigenvalue weighted by atomic mass is 10.1. The molecular weight excluding hydrogens is 410 g/mol. The molecule has 2 heterocycles. The van der Waals surface area contributed by atoms with Crippen molar-refractivity contribution < 1.29 is 14.2 Å². The van der Waals surface area contributed by atoms with E-state index in [0.29, 0.717) is 19.8 Å². The average Bonchev–Trinajstić information content (AvgIpc) is 3.20. The Morgan fingerprint density at radius 2 is 1.45 bits per heavy atom. The number of aryl methyl sites for hydroxylation is 1. The lowest BCUT2D eigenvalue weighted by Gasteiger charge is -2.33. The van der Waals surface area contributed by atoms with Gasteiger partial charge >= 0.3 is 0 Å². The molecule has 0 radical (unpaired) electrons. The Bertz CT molecular complexity index is 1200. The molecule has 0 fully saturated rings. The zero-order valence-electron chi connectivity index (χ0n) is 18.8. The lowest BCUT2D eigenvalue weighted by Crippen LogP contribution is -2.39. The van der Waals surface area contributed by atoms with E-state index in [-0.39, 0.29) is 18.4 Å². The molecule has 0 saturated heterocycles. The number of ether oxygens (including phenoxy) is 3. The molecule has 0 amide bonds. The Balaban J connectivity index is 1.34. The minimum Gasteiger partial charge on any atom is -0.374 e. The van der Waals surface area contributed by atoms with Crippen molar-refractivity contribution in [3.8, 4) is 0 Å². The second-order valence-electron chi connectivity index (χ2n) is 8.43. The van der Waals surface area contributed by atoms with E-state index in [2.05, 4.69) is 78.2 Å². The van der Waals surface area contributed by atoms with Crippen LogP contribution in [-0.4, -0.2) is 23.4 Å². The topological polar surface area (TPSA) is 32.6 Å². The van der Waals surface area contributed by atoms with E-state index in [1.54, 1.807) is 0 Å². The maximum absolute atomic E-state index is 6.58. The molecule has 1 aliphatic heterocycles. The molecule has 5 rings (SSSR count). The maximum Gasteiger partial charge on any atom is 0.154 e. The first-order valence-electron chi connectivity index (χ1n) is 11.5. The fraction of sp³-hybridized carbons (Fsp3) is 0.241. The highest BCUT2D eigenvalue weighted by molar-refractivity contribution is 5.81. The van der Waals surface area contributed by atoms with Gasteiger partial charge in [0.15, 0.2) is 6.23 Å². The summed E-state index contributed by atoms with van der Waals surface area (Å²) >= 11 is 0. The molecule has 0 bridgehead atoms. The quantitative estimate of drug-likeness (QED) is 0.306. The first-order chi connectivity index (χ1) is 16.3. The minimum absolute atomic E-state index is 0.181. The lowest BCUT2D eigenvalue weighted by molar-refractivity contribution is -0.135. The molecule has 4 aromatic rings. The van der Waals surface area contributed by atoms with Crippen LogP contribution in [0.4, 0.5) is 0 Å². The van der Waals surface area contributed by atoms with E-state index < -0.39 is 0 Å². The first-order valence-corrected chi connectivity index (χ1v) is 11.5. The van der Waals surface area contributed by atoms with Crippen LogP contribution < -0.4 is 0 Å². The van der Waals surface area contributed by atoms with Crippen molar-refractivity contribution in [1.82, 2.24) is 4.57 Å². The van der Waals surface area contributed by atoms with Gasteiger partial charge in [-0.3, -0.25) is 0 Å². The summed E-state index contributed by atoms with van der Waals surface area (Å²) in [6.07, 6.45) is 3.63. The third-order valence-electron chi connectivity index (χ3n) is 6.02. The Hall–Kier alpha value is -3.18. The zero-order valence-corrected chi connectivity index (χ0v) is 18.8. The van der Waals surface area contributed by atoms with Crippen LogP contribution in [0.3, 0.4) is 0 Å². The predicted octanol–water partition coefficient (Wildman–Crippen LogP) is 6.21. The van der Waals surface area contributed by atoms with Crippen molar-refractivity contribution in [3.63, 3.8) is 0 Å². The second kappa shape index (κ2) is 10.2. The summed E-state index contributed by atoms with van der Waals surface area (Å²) in [6, 6.07) is 31.0. The summed E-state index contributed by atoms with van der Waals surface area (Å²) in [4.78, 5) is 0. The van der Waals surface area contributed by atoms with E-state index in [9.17, 15) is 0 Å². The van der Waals surface area contributed by atoms with E-state index >= 15 is 0 Å². The van der Waals surface area contributed by atoms with E-state index in [4.69, 9.17) is 14.2 Å². The van der Waals surface area contributed by atoms with E-state index in [0.717, 1.165) is 16.6 Å². The van der Waals surface area contributed by atoms with Crippen molar-refractivity contribution in [2.45, 2.75) is 38.6 Å². The molecule has 0 unspecified atom stereocenters. The van der Waals surface area contributed by atoms with Crippen LogP contribution in [-0.2, 0) is 27.4 Å². The van der Waals surface area contributed by atoms with Gasteiger partial charge in [-0.15, -0.1) is 0 Å².